The van der Waals surface area contributed by atoms with E-state index in [0.29, 0.717) is 23.5 Å². The average Bonchev–Trinajstić information content (AvgIpc) is 2.82. The molecule has 0 bridgehead atoms. The minimum absolute atomic E-state index is 0.00655. The van der Waals surface area contributed by atoms with Gasteiger partial charge in [0.05, 0.1) is 0 Å². The molecule has 0 aliphatic rings. The van der Waals surface area contributed by atoms with E-state index in [-0.39, 0.29) is 18.1 Å². The monoisotopic (exact) mass is 425 g/mol. The Balaban J connectivity index is 1.52. The summed E-state index contributed by atoms with van der Waals surface area (Å²) in [6.45, 7) is 2.19. The molecule has 0 radical (unpaired) electrons. The standard InChI is InChI=1S/C26H23N3O3/c1-19-7-11-23(12-8-19)29-25(30)18-32-24-13-9-20(10-14-24)15-22(16-27)26(31)28-17-21-5-3-2-4-6-21/h2-15H,17-18H2,1H3,(H,28,31)(H,29,30). The average molecular weight is 425 g/mol. The van der Waals surface area contributed by atoms with Crippen molar-refractivity contribution in [2.45, 2.75) is 13.5 Å². The molecule has 0 aromatic heterocycles. The Kier molecular flexibility index (Phi) is 7.77. The molecule has 3 rings (SSSR count). The molecule has 0 saturated carbocycles. The van der Waals surface area contributed by atoms with Crippen molar-refractivity contribution in [1.82, 2.24) is 5.32 Å². The zero-order valence-electron chi connectivity index (χ0n) is 17.7. The molecule has 2 N–H and O–H groups in total. The number of hydrogen-bond acceptors (Lipinski definition) is 4. The lowest BCUT2D eigenvalue weighted by Crippen LogP contribution is -2.23. The number of benzene rings is 3. The molecule has 3 aromatic rings. The van der Waals surface area contributed by atoms with Gasteiger partial charge in [-0.25, -0.2) is 0 Å². The third kappa shape index (κ3) is 6.85. The van der Waals surface area contributed by atoms with Crippen molar-refractivity contribution in [2.75, 3.05) is 11.9 Å². The Bertz CT molecular complexity index is 1130. The van der Waals surface area contributed by atoms with E-state index in [1.165, 1.54) is 6.08 Å². The smallest absolute Gasteiger partial charge is 0.262 e. The van der Waals surface area contributed by atoms with Gasteiger partial charge in [-0.15, -0.1) is 0 Å². The van der Waals surface area contributed by atoms with Crippen LogP contribution in [0.1, 0.15) is 16.7 Å². The molecule has 32 heavy (non-hydrogen) atoms. The number of amides is 2. The minimum Gasteiger partial charge on any atom is -0.484 e. The van der Waals surface area contributed by atoms with E-state index >= 15 is 0 Å². The Morgan fingerprint density at radius 2 is 1.66 bits per heavy atom. The van der Waals surface area contributed by atoms with Crippen molar-refractivity contribution in [2.24, 2.45) is 0 Å². The van der Waals surface area contributed by atoms with Gasteiger partial charge in [0.1, 0.15) is 17.4 Å². The van der Waals surface area contributed by atoms with Crippen molar-refractivity contribution in [1.29, 1.82) is 5.26 Å². The molecule has 0 fully saturated rings. The number of nitrogens with zero attached hydrogens (tertiary/aromatic N) is 1. The molecular weight excluding hydrogens is 402 g/mol. The van der Waals surface area contributed by atoms with Gasteiger partial charge in [0.15, 0.2) is 6.61 Å². The first-order valence-electron chi connectivity index (χ1n) is 10.1. The number of carbonyl (C=O) groups is 2. The van der Waals surface area contributed by atoms with Crippen LogP contribution >= 0.6 is 0 Å². The van der Waals surface area contributed by atoms with Crippen LogP contribution in [0, 0.1) is 18.3 Å². The largest absolute Gasteiger partial charge is 0.484 e. The second-order valence-electron chi connectivity index (χ2n) is 7.11. The number of nitrogens with one attached hydrogen (secondary N) is 2. The van der Waals surface area contributed by atoms with Gasteiger partial charge in [-0.2, -0.15) is 5.26 Å². The first-order valence-corrected chi connectivity index (χ1v) is 10.1. The Hall–Kier alpha value is -4.37. The van der Waals surface area contributed by atoms with Crippen LogP contribution in [0.3, 0.4) is 0 Å². The van der Waals surface area contributed by atoms with Crippen LogP contribution in [-0.2, 0) is 16.1 Å². The lowest BCUT2D eigenvalue weighted by molar-refractivity contribution is -0.118. The molecule has 2 amide bonds. The summed E-state index contributed by atoms with van der Waals surface area (Å²) < 4.78 is 5.51. The summed E-state index contributed by atoms with van der Waals surface area (Å²) in [6.07, 6.45) is 1.51. The lowest BCUT2D eigenvalue weighted by Gasteiger charge is -2.08. The van der Waals surface area contributed by atoms with Crippen molar-refractivity contribution in [3.8, 4) is 11.8 Å². The second kappa shape index (κ2) is 11.1. The first-order chi connectivity index (χ1) is 15.5. The van der Waals surface area contributed by atoms with Crippen LogP contribution in [0.25, 0.3) is 6.08 Å². The molecule has 0 atom stereocenters. The maximum absolute atomic E-state index is 12.3. The summed E-state index contributed by atoms with van der Waals surface area (Å²) in [5.74, 6) is -0.197. The molecule has 6 nitrogen and oxygen atoms in total. The third-order valence-electron chi connectivity index (χ3n) is 4.56. The fourth-order valence-electron chi connectivity index (χ4n) is 2.83. The van der Waals surface area contributed by atoms with E-state index < -0.39 is 5.91 Å². The van der Waals surface area contributed by atoms with E-state index in [9.17, 15) is 14.9 Å². The topological polar surface area (TPSA) is 91.2 Å². The highest BCUT2D eigenvalue weighted by Crippen LogP contribution is 2.15. The van der Waals surface area contributed by atoms with Gasteiger partial charge in [0.25, 0.3) is 11.8 Å². The molecule has 0 aliphatic carbocycles. The van der Waals surface area contributed by atoms with Crippen molar-refractivity contribution >= 4 is 23.6 Å². The number of carbonyl (C=O) groups excluding carboxylic acids is 2. The number of hydrogen-bond donors (Lipinski definition) is 2. The van der Waals surface area contributed by atoms with Crippen LogP contribution in [-0.4, -0.2) is 18.4 Å². The normalized spacial score (nSPS) is 10.7. The van der Waals surface area contributed by atoms with E-state index in [0.717, 1.165) is 11.1 Å². The summed E-state index contributed by atoms with van der Waals surface area (Å²) in [5, 5.41) is 14.8. The van der Waals surface area contributed by atoms with Crippen LogP contribution in [0.2, 0.25) is 0 Å². The molecule has 160 valence electrons. The minimum atomic E-state index is -0.440. The summed E-state index contributed by atoms with van der Waals surface area (Å²) in [7, 11) is 0. The first kappa shape index (κ1) is 22.3. The van der Waals surface area contributed by atoms with Crippen molar-refractivity contribution in [3.05, 3.63) is 101 Å². The summed E-state index contributed by atoms with van der Waals surface area (Å²) in [6, 6.07) is 25.7. The van der Waals surface area contributed by atoms with E-state index in [2.05, 4.69) is 10.6 Å². The summed E-state index contributed by atoms with van der Waals surface area (Å²) in [4.78, 5) is 24.3. The highest BCUT2D eigenvalue weighted by Gasteiger charge is 2.09. The highest BCUT2D eigenvalue weighted by atomic mass is 16.5. The maximum atomic E-state index is 12.3. The van der Waals surface area contributed by atoms with Gasteiger partial charge in [-0.3, -0.25) is 9.59 Å². The number of ether oxygens (including phenoxy) is 1. The van der Waals surface area contributed by atoms with Gasteiger partial charge in [-0.1, -0.05) is 60.2 Å². The molecule has 0 aliphatic heterocycles. The van der Waals surface area contributed by atoms with Crippen molar-refractivity contribution in [3.63, 3.8) is 0 Å². The molecule has 0 saturated heterocycles. The zero-order valence-corrected chi connectivity index (χ0v) is 17.7. The molecule has 0 heterocycles. The predicted molar refractivity (Wildman–Crippen MR) is 124 cm³/mol. The number of aryl methyl sites for hydroxylation is 1. The quantitative estimate of drug-likeness (QED) is 0.417. The summed E-state index contributed by atoms with van der Waals surface area (Å²) in [5.41, 5.74) is 3.45. The maximum Gasteiger partial charge on any atom is 0.262 e. The number of rotatable bonds is 8. The second-order valence-corrected chi connectivity index (χ2v) is 7.11. The van der Waals surface area contributed by atoms with Crippen LogP contribution in [0.4, 0.5) is 5.69 Å². The van der Waals surface area contributed by atoms with E-state index in [1.807, 2.05) is 67.6 Å². The lowest BCUT2D eigenvalue weighted by atomic mass is 10.1. The predicted octanol–water partition coefficient (Wildman–Crippen LogP) is 4.24. The Morgan fingerprint density at radius 1 is 0.969 bits per heavy atom. The van der Waals surface area contributed by atoms with Gasteiger partial charge in [-0.05, 0) is 48.4 Å². The fraction of sp³-hybridized carbons (Fsp3) is 0.115. The van der Waals surface area contributed by atoms with Crippen LogP contribution < -0.4 is 15.4 Å². The van der Waals surface area contributed by atoms with Crippen molar-refractivity contribution < 1.29 is 14.3 Å². The zero-order chi connectivity index (χ0) is 22.8. The molecule has 0 spiro atoms. The number of nitriles is 1. The summed E-state index contributed by atoms with van der Waals surface area (Å²) >= 11 is 0. The van der Waals surface area contributed by atoms with Crippen LogP contribution in [0.15, 0.2) is 84.4 Å². The highest BCUT2D eigenvalue weighted by molar-refractivity contribution is 6.01. The molecule has 0 unspecified atom stereocenters. The van der Waals surface area contributed by atoms with E-state index in [4.69, 9.17) is 4.74 Å². The third-order valence-corrected chi connectivity index (χ3v) is 4.56. The van der Waals surface area contributed by atoms with Gasteiger partial charge in [0, 0.05) is 12.2 Å². The Labute approximate surface area is 187 Å². The molecule has 3 aromatic carbocycles. The van der Waals surface area contributed by atoms with Gasteiger partial charge < -0.3 is 15.4 Å². The number of anilines is 1. The fourth-order valence-corrected chi connectivity index (χ4v) is 2.83. The van der Waals surface area contributed by atoms with Crippen LogP contribution in [0.5, 0.6) is 5.75 Å². The SMILES string of the molecule is Cc1ccc(NC(=O)COc2ccc(C=C(C#N)C(=O)NCc3ccccc3)cc2)cc1. The molecule has 6 heteroatoms. The Morgan fingerprint density at radius 3 is 2.31 bits per heavy atom. The van der Waals surface area contributed by atoms with E-state index in [1.54, 1.807) is 24.3 Å². The van der Waals surface area contributed by atoms with Gasteiger partial charge >= 0.3 is 0 Å². The molecular formula is C26H23N3O3. The van der Waals surface area contributed by atoms with Gasteiger partial charge in [0.2, 0.25) is 0 Å².